The second kappa shape index (κ2) is 10.2. The van der Waals surface area contributed by atoms with Crippen LogP contribution in [-0.4, -0.2) is 7.11 Å². The number of para-hydroxylation sites is 1. The van der Waals surface area contributed by atoms with E-state index in [1.807, 2.05) is 19.9 Å². The van der Waals surface area contributed by atoms with Gasteiger partial charge in [-0.3, -0.25) is 0 Å². The zero-order valence-corrected chi connectivity index (χ0v) is 12.1. The molecule has 98 valence electrons. The molecule has 0 aliphatic rings. The highest BCUT2D eigenvalue weighted by Crippen LogP contribution is 2.32. The fraction of sp³-hybridized carbons (Fsp3) is 0.625. The van der Waals surface area contributed by atoms with Crippen molar-refractivity contribution in [2.75, 3.05) is 7.11 Å². The minimum atomic E-state index is 0.663. The Bertz CT molecular complexity index is 275. The number of benzene rings is 1. The highest BCUT2D eigenvalue weighted by molar-refractivity contribution is 5.36. The smallest absolute Gasteiger partial charge is 0.122 e. The average Bonchev–Trinajstić information content (AvgIpc) is 2.41. The lowest BCUT2D eigenvalue weighted by molar-refractivity contribution is 0.401. The largest absolute Gasteiger partial charge is 0.496 e. The van der Waals surface area contributed by atoms with Crippen molar-refractivity contribution >= 4 is 0 Å². The maximum atomic E-state index is 5.42. The van der Waals surface area contributed by atoms with Gasteiger partial charge in [-0.1, -0.05) is 58.7 Å². The summed E-state index contributed by atoms with van der Waals surface area (Å²) in [5.41, 5.74) is 1.38. The summed E-state index contributed by atoms with van der Waals surface area (Å²) in [5, 5.41) is 0. The predicted molar refractivity (Wildman–Crippen MR) is 76.9 cm³/mol. The van der Waals surface area contributed by atoms with Crippen LogP contribution in [0.5, 0.6) is 5.75 Å². The summed E-state index contributed by atoms with van der Waals surface area (Å²) >= 11 is 0. The van der Waals surface area contributed by atoms with Gasteiger partial charge in [0.25, 0.3) is 0 Å². The number of rotatable bonds is 6. The minimum absolute atomic E-state index is 0.663. The number of ether oxygens (including phenoxy) is 1. The minimum Gasteiger partial charge on any atom is -0.496 e. The third-order valence-electron chi connectivity index (χ3n) is 2.85. The zero-order chi connectivity index (χ0) is 13.1. The molecule has 0 spiro atoms. The Balaban J connectivity index is 0.00000121. The molecule has 1 heteroatoms. The summed E-state index contributed by atoms with van der Waals surface area (Å²) in [6.07, 6.45) is 4.99. The van der Waals surface area contributed by atoms with Crippen LogP contribution in [0.1, 0.15) is 64.9 Å². The predicted octanol–water partition coefficient (Wildman–Crippen LogP) is 5.41. The van der Waals surface area contributed by atoms with E-state index in [1.54, 1.807) is 7.11 Å². The van der Waals surface area contributed by atoms with E-state index in [-0.39, 0.29) is 0 Å². The molecule has 0 heterocycles. The van der Waals surface area contributed by atoms with E-state index in [9.17, 15) is 0 Å². The van der Waals surface area contributed by atoms with Crippen molar-refractivity contribution < 1.29 is 4.74 Å². The molecule has 0 saturated carbocycles. The fourth-order valence-corrected chi connectivity index (χ4v) is 2.16. The molecule has 1 nitrogen and oxygen atoms in total. The molecular formula is C16H28O. The number of methoxy groups -OCH3 is 1. The van der Waals surface area contributed by atoms with Gasteiger partial charge in [0.05, 0.1) is 7.11 Å². The number of hydrogen-bond acceptors (Lipinski definition) is 1. The van der Waals surface area contributed by atoms with Gasteiger partial charge in [0.2, 0.25) is 0 Å². The van der Waals surface area contributed by atoms with Gasteiger partial charge in [-0.15, -0.1) is 0 Å². The van der Waals surface area contributed by atoms with Crippen LogP contribution in [0.15, 0.2) is 24.3 Å². The summed E-state index contributed by atoms with van der Waals surface area (Å²) in [5.74, 6) is 1.71. The first-order chi connectivity index (χ1) is 8.33. The molecule has 0 radical (unpaired) electrons. The molecule has 0 unspecified atom stereocenters. The Morgan fingerprint density at radius 2 is 1.53 bits per heavy atom. The molecule has 0 atom stereocenters. The van der Waals surface area contributed by atoms with Crippen molar-refractivity contribution in [3.05, 3.63) is 29.8 Å². The summed E-state index contributed by atoms with van der Waals surface area (Å²) in [7, 11) is 1.76. The molecule has 0 saturated heterocycles. The molecule has 0 aliphatic heterocycles. The normalized spacial score (nSPS) is 9.76. The Labute approximate surface area is 107 Å². The van der Waals surface area contributed by atoms with Crippen LogP contribution >= 0.6 is 0 Å². The second-order valence-electron chi connectivity index (χ2n) is 4.02. The lowest BCUT2D eigenvalue weighted by atomic mass is 9.90. The molecule has 0 N–H and O–H groups in total. The molecular weight excluding hydrogens is 208 g/mol. The molecule has 0 fully saturated rings. The van der Waals surface area contributed by atoms with Crippen molar-refractivity contribution in [1.82, 2.24) is 0 Å². The average molecular weight is 236 g/mol. The van der Waals surface area contributed by atoms with Gasteiger partial charge in [-0.05, 0) is 30.4 Å². The summed E-state index contributed by atoms with van der Waals surface area (Å²) in [4.78, 5) is 0. The highest BCUT2D eigenvalue weighted by atomic mass is 16.5. The van der Waals surface area contributed by atoms with Gasteiger partial charge in [0.15, 0.2) is 0 Å². The molecule has 17 heavy (non-hydrogen) atoms. The monoisotopic (exact) mass is 236 g/mol. The third-order valence-corrected chi connectivity index (χ3v) is 2.85. The van der Waals surface area contributed by atoms with Crippen LogP contribution in [0.2, 0.25) is 0 Å². The van der Waals surface area contributed by atoms with Crippen LogP contribution in [0.3, 0.4) is 0 Å². The lowest BCUT2D eigenvalue weighted by Gasteiger charge is -2.18. The van der Waals surface area contributed by atoms with E-state index in [1.165, 1.54) is 31.2 Å². The van der Waals surface area contributed by atoms with Crippen LogP contribution < -0.4 is 4.74 Å². The Kier molecular flexibility index (Phi) is 9.60. The molecule has 0 aromatic heterocycles. The quantitative estimate of drug-likeness (QED) is 0.642. The summed E-state index contributed by atoms with van der Waals surface area (Å²) in [6, 6.07) is 8.41. The van der Waals surface area contributed by atoms with Crippen molar-refractivity contribution in [1.29, 1.82) is 0 Å². The van der Waals surface area contributed by atoms with Crippen LogP contribution in [0.4, 0.5) is 0 Å². The molecule has 1 aromatic rings. The standard InChI is InChI=1S/C14H22O.C2H6/c1-4-8-12(9-5-2)13-10-6-7-11-14(13)15-3;1-2/h6-7,10-12H,4-5,8-9H2,1-3H3;1-2H3. The summed E-state index contributed by atoms with van der Waals surface area (Å²) < 4.78 is 5.42. The van der Waals surface area contributed by atoms with Gasteiger partial charge in [-0.25, -0.2) is 0 Å². The third kappa shape index (κ3) is 5.25. The summed E-state index contributed by atoms with van der Waals surface area (Å²) in [6.45, 7) is 8.50. The van der Waals surface area contributed by atoms with E-state index in [2.05, 4.69) is 32.0 Å². The first kappa shape index (κ1) is 16.0. The van der Waals surface area contributed by atoms with E-state index >= 15 is 0 Å². The van der Waals surface area contributed by atoms with E-state index in [4.69, 9.17) is 4.74 Å². The van der Waals surface area contributed by atoms with Gasteiger partial charge in [-0.2, -0.15) is 0 Å². The van der Waals surface area contributed by atoms with E-state index < -0.39 is 0 Å². The van der Waals surface area contributed by atoms with E-state index in [0.29, 0.717) is 5.92 Å². The Morgan fingerprint density at radius 1 is 1.00 bits per heavy atom. The first-order valence-corrected chi connectivity index (χ1v) is 6.96. The van der Waals surface area contributed by atoms with Gasteiger partial charge in [0.1, 0.15) is 5.75 Å². The maximum Gasteiger partial charge on any atom is 0.122 e. The Morgan fingerprint density at radius 3 is 2.00 bits per heavy atom. The molecule has 1 aromatic carbocycles. The van der Waals surface area contributed by atoms with Crippen molar-refractivity contribution in [2.24, 2.45) is 0 Å². The Hall–Kier alpha value is -0.980. The molecule has 1 rings (SSSR count). The molecule has 0 aliphatic carbocycles. The molecule has 0 bridgehead atoms. The van der Waals surface area contributed by atoms with Crippen LogP contribution in [0.25, 0.3) is 0 Å². The lowest BCUT2D eigenvalue weighted by Crippen LogP contribution is -2.01. The topological polar surface area (TPSA) is 9.23 Å². The fourth-order valence-electron chi connectivity index (χ4n) is 2.16. The van der Waals surface area contributed by atoms with Gasteiger partial charge >= 0.3 is 0 Å². The first-order valence-electron chi connectivity index (χ1n) is 6.96. The highest BCUT2D eigenvalue weighted by Gasteiger charge is 2.13. The molecule has 0 amide bonds. The van der Waals surface area contributed by atoms with Gasteiger partial charge < -0.3 is 4.74 Å². The number of hydrogen-bond donors (Lipinski definition) is 0. The zero-order valence-electron chi connectivity index (χ0n) is 12.1. The maximum absolute atomic E-state index is 5.42. The van der Waals surface area contributed by atoms with Crippen molar-refractivity contribution in [3.8, 4) is 5.75 Å². The second-order valence-corrected chi connectivity index (χ2v) is 4.02. The van der Waals surface area contributed by atoms with Crippen LogP contribution in [-0.2, 0) is 0 Å². The van der Waals surface area contributed by atoms with Crippen LogP contribution in [0, 0.1) is 0 Å². The van der Waals surface area contributed by atoms with Gasteiger partial charge in [0, 0.05) is 0 Å². The van der Waals surface area contributed by atoms with Crippen molar-refractivity contribution in [2.45, 2.75) is 59.3 Å². The van der Waals surface area contributed by atoms with E-state index in [0.717, 1.165) is 5.75 Å². The van der Waals surface area contributed by atoms with Crippen molar-refractivity contribution in [3.63, 3.8) is 0 Å². The SMILES string of the molecule is CC.CCCC(CCC)c1ccccc1OC.